The van der Waals surface area contributed by atoms with Crippen LogP contribution in [0.15, 0.2) is 24.3 Å². The fraction of sp³-hybridized carbons (Fsp3) is 0.562. The number of aryl methyl sites for hydroxylation is 1. The highest BCUT2D eigenvalue weighted by atomic mass is 19.3. The highest BCUT2D eigenvalue weighted by molar-refractivity contribution is 5.69. The Morgan fingerprint density at radius 2 is 2.05 bits per heavy atom. The maximum absolute atomic E-state index is 14.1. The number of hydrogen-bond acceptors (Lipinski definition) is 3. The molecule has 2 rings (SSSR count). The number of benzene rings is 1. The molecule has 5 heteroatoms. The highest BCUT2D eigenvalue weighted by Gasteiger charge is 2.45. The van der Waals surface area contributed by atoms with Gasteiger partial charge in [-0.3, -0.25) is 9.69 Å². The van der Waals surface area contributed by atoms with Gasteiger partial charge in [-0.05, 0) is 25.5 Å². The van der Waals surface area contributed by atoms with Crippen LogP contribution in [0.1, 0.15) is 24.0 Å². The molecule has 0 aliphatic carbocycles. The zero-order chi connectivity index (χ0) is 15.5. The van der Waals surface area contributed by atoms with Crippen molar-refractivity contribution in [3.63, 3.8) is 0 Å². The minimum Gasteiger partial charge on any atom is -0.469 e. The van der Waals surface area contributed by atoms with Gasteiger partial charge in [0, 0.05) is 12.5 Å². The number of carbonyl (C=O) groups is 1. The number of carbonyl (C=O) groups excluding carboxylic acids is 1. The van der Waals surface area contributed by atoms with Crippen molar-refractivity contribution in [2.24, 2.45) is 5.92 Å². The molecule has 1 aromatic rings. The van der Waals surface area contributed by atoms with E-state index in [1.54, 1.807) is 4.90 Å². The molecule has 21 heavy (non-hydrogen) atoms. The van der Waals surface area contributed by atoms with Crippen LogP contribution in [0.3, 0.4) is 0 Å². The highest BCUT2D eigenvalue weighted by Crippen LogP contribution is 2.35. The van der Waals surface area contributed by atoms with Crippen LogP contribution < -0.4 is 0 Å². The summed E-state index contributed by atoms with van der Waals surface area (Å²) in [6, 6.07) is 7.90. The summed E-state index contributed by atoms with van der Waals surface area (Å²) in [5, 5.41) is 0. The molecule has 3 nitrogen and oxygen atoms in total. The van der Waals surface area contributed by atoms with E-state index in [1.807, 2.05) is 31.2 Å². The van der Waals surface area contributed by atoms with Gasteiger partial charge in [0.15, 0.2) is 0 Å². The minimum atomic E-state index is -2.85. The summed E-state index contributed by atoms with van der Waals surface area (Å²) in [4.78, 5) is 13.0. The Balaban J connectivity index is 1.95. The molecule has 116 valence electrons. The number of nitrogens with zero attached hydrogens (tertiary/aromatic N) is 1. The minimum absolute atomic E-state index is 0.206. The van der Waals surface area contributed by atoms with Gasteiger partial charge in [-0.25, -0.2) is 8.78 Å². The first-order valence-electron chi connectivity index (χ1n) is 7.13. The van der Waals surface area contributed by atoms with E-state index in [9.17, 15) is 13.6 Å². The molecule has 1 atom stereocenters. The second-order valence-electron chi connectivity index (χ2n) is 5.72. The summed E-state index contributed by atoms with van der Waals surface area (Å²) in [5.74, 6) is -4.33. The number of ether oxygens (including phenoxy) is 1. The van der Waals surface area contributed by atoms with E-state index in [-0.39, 0.29) is 13.0 Å². The van der Waals surface area contributed by atoms with Crippen LogP contribution in [0.2, 0.25) is 0 Å². The number of hydrogen-bond donors (Lipinski definition) is 0. The Kier molecular flexibility index (Phi) is 4.93. The van der Waals surface area contributed by atoms with E-state index in [4.69, 9.17) is 0 Å². The number of likely N-dealkylation sites (tertiary alicyclic amines) is 1. The van der Waals surface area contributed by atoms with Crippen molar-refractivity contribution in [1.29, 1.82) is 0 Å². The number of rotatable bonds is 4. The Morgan fingerprint density at radius 3 is 2.62 bits per heavy atom. The first-order valence-corrected chi connectivity index (χ1v) is 7.13. The van der Waals surface area contributed by atoms with Gasteiger partial charge >= 0.3 is 5.97 Å². The molecule has 0 spiro atoms. The molecule has 0 bridgehead atoms. The number of piperidine rings is 1. The van der Waals surface area contributed by atoms with Crippen molar-refractivity contribution in [3.05, 3.63) is 35.4 Å². The second kappa shape index (κ2) is 6.52. The van der Waals surface area contributed by atoms with E-state index in [0.717, 1.165) is 11.1 Å². The molecule has 0 aromatic heterocycles. The third kappa shape index (κ3) is 4.24. The van der Waals surface area contributed by atoms with Crippen molar-refractivity contribution >= 4 is 5.97 Å². The zero-order valence-electron chi connectivity index (χ0n) is 12.4. The van der Waals surface area contributed by atoms with Gasteiger partial charge in [-0.2, -0.15) is 0 Å². The predicted molar refractivity (Wildman–Crippen MR) is 76.1 cm³/mol. The number of alkyl halides is 2. The van der Waals surface area contributed by atoms with Crippen molar-refractivity contribution in [2.75, 3.05) is 20.2 Å². The molecule has 1 aromatic carbocycles. The van der Waals surface area contributed by atoms with Crippen molar-refractivity contribution in [1.82, 2.24) is 4.90 Å². The van der Waals surface area contributed by atoms with Crippen LogP contribution in [0, 0.1) is 12.8 Å². The van der Waals surface area contributed by atoms with Crippen LogP contribution >= 0.6 is 0 Å². The van der Waals surface area contributed by atoms with Gasteiger partial charge in [-0.1, -0.05) is 29.8 Å². The molecule has 0 saturated carbocycles. The summed E-state index contributed by atoms with van der Waals surface area (Å²) in [6.45, 7) is 2.78. The number of esters is 1. The largest absolute Gasteiger partial charge is 0.469 e. The van der Waals surface area contributed by atoms with Crippen LogP contribution in [-0.2, 0) is 16.1 Å². The molecule has 0 amide bonds. The fourth-order valence-electron chi connectivity index (χ4n) is 2.68. The maximum atomic E-state index is 14.1. The third-order valence-electron chi connectivity index (χ3n) is 3.99. The SMILES string of the molecule is COC(=O)CC1CCN(Cc2ccc(C)cc2)CC1(F)F. The molecular weight excluding hydrogens is 276 g/mol. The van der Waals surface area contributed by atoms with Crippen LogP contribution in [0.25, 0.3) is 0 Å². The van der Waals surface area contributed by atoms with Gasteiger partial charge in [0.2, 0.25) is 0 Å². The monoisotopic (exact) mass is 297 g/mol. The molecule has 1 aliphatic heterocycles. The van der Waals surface area contributed by atoms with Gasteiger partial charge in [-0.15, -0.1) is 0 Å². The summed E-state index contributed by atoms with van der Waals surface area (Å²) >= 11 is 0. The molecular formula is C16H21F2NO2. The second-order valence-corrected chi connectivity index (χ2v) is 5.72. The zero-order valence-corrected chi connectivity index (χ0v) is 12.4. The number of halogens is 2. The van der Waals surface area contributed by atoms with Crippen LogP contribution in [0.5, 0.6) is 0 Å². The molecule has 1 aliphatic rings. The van der Waals surface area contributed by atoms with Gasteiger partial charge < -0.3 is 4.74 Å². The summed E-state index contributed by atoms with van der Waals surface area (Å²) in [7, 11) is 1.23. The molecule has 1 fully saturated rings. The first kappa shape index (κ1) is 15.9. The molecule has 0 radical (unpaired) electrons. The lowest BCUT2D eigenvalue weighted by atomic mass is 9.89. The van der Waals surface area contributed by atoms with Gasteiger partial charge in [0.25, 0.3) is 5.92 Å². The van der Waals surface area contributed by atoms with E-state index in [1.165, 1.54) is 7.11 Å². The Hall–Kier alpha value is -1.49. The summed E-state index contributed by atoms with van der Waals surface area (Å²) in [5.41, 5.74) is 2.18. The van der Waals surface area contributed by atoms with Crippen LogP contribution in [0.4, 0.5) is 8.78 Å². The van der Waals surface area contributed by atoms with E-state index in [2.05, 4.69) is 4.74 Å². The van der Waals surface area contributed by atoms with Gasteiger partial charge in [0.05, 0.1) is 20.1 Å². The number of methoxy groups -OCH3 is 1. The Morgan fingerprint density at radius 1 is 1.38 bits per heavy atom. The average Bonchev–Trinajstić information content (AvgIpc) is 2.43. The Labute approximate surface area is 123 Å². The van der Waals surface area contributed by atoms with E-state index < -0.39 is 17.8 Å². The lowest BCUT2D eigenvalue weighted by molar-refractivity contribution is -0.153. The average molecular weight is 297 g/mol. The predicted octanol–water partition coefficient (Wildman–Crippen LogP) is 3.02. The quantitative estimate of drug-likeness (QED) is 0.800. The topological polar surface area (TPSA) is 29.5 Å². The summed E-state index contributed by atoms with van der Waals surface area (Å²) < 4.78 is 32.8. The maximum Gasteiger partial charge on any atom is 0.306 e. The molecule has 0 N–H and O–H groups in total. The smallest absolute Gasteiger partial charge is 0.306 e. The standard InChI is InChI=1S/C16H21F2NO2/c1-12-3-5-13(6-4-12)10-19-8-7-14(9-15(20)21-2)16(17,18)11-19/h3-6,14H,7-11H2,1-2H3. The van der Waals surface area contributed by atoms with Crippen molar-refractivity contribution < 1.29 is 18.3 Å². The van der Waals surface area contributed by atoms with E-state index in [0.29, 0.717) is 19.5 Å². The Bertz CT molecular complexity index is 488. The third-order valence-corrected chi connectivity index (χ3v) is 3.99. The van der Waals surface area contributed by atoms with Crippen molar-refractivity contribution in [2.45, 2.75) is 32.2 Å². The van der Waals surface area contributed by atoms with E-state index >= 15 is 0 Å². The fourth-order valence-corrected chi connectivity index (χ4v) is 2.68. The van der Waals surface area contributed by atoms with Crippen molar-refractivity contribution in [3.8, 4) is 0 Å². The lowest BCUT2D eigenvalue weighted by Gasteiger charge is -2.38. The van der Waals surface area contributed by atoms with Gasteiger partial charge in [0.1, 0.15) is 0 Å². The summed E-state index contributed by atoms with van der Waals surface area (Å²) in [6.07, 6.45) is 0.107. The molecule has 1 heterocycles. The molecule has 1 saturated heterocycles. The lowest BCUT2D eigenvalue weighted by Crippen LogP contribution is -2.48. The molecule has 1 unspecified atom stereocenters. The first-order chi connectivity index (χ1) is 9.90. The normalized spacial score (nSPS) is 22.0. The van der Waals surface area contributed by atoms with Crippen LogP contribution in [-0.4, -0.2) is 37.0 Å².